The maximum Gasteiger partial charge on any atom is 0.128 e. The average Bonchev–Trinajstić information content (AvgIpc) is 2.28. The first-order valence-corrected chi connectivity index (χ1v) is 6.08. The lowest BCUT2D eigenvalue weighted by Crippen LogP contribution is -2.24. The highest BCUT2D eigenvalue weighted by molar-refractivity contribution is 5.38. The summed E-state index contributed by atoms with van der Waals surface area (Å²) in [6.07, 6.45) is 3.00. The van der Waals surface area contributed by atoms with Crippen LogP contribution in [0.3, 0.4) is 0 Å². The van der Waals surface area contributed by atoms with Crippen LogP contribution >= 0.6 is 0 Å². The van der Waals surface area contributed by atoms with Crippen LogP contribution in [0.5, 0.6) is 0 Å². The van der Waals surface area contributed by atoms with Gasteiger partial charge in [-0.3, -0.25) is 0 Å². The second-order valence-corrected chi connectivity index (χ2v) is 4.82. The van der Waals surface area contributed by atoms with Crippen molar-refractivity contribution in [1.29, 1.82) is 0 Å². The fraction of sp³-hybridized carbons (Fsp3) is 0.615. The van der Waals surface area contributed by atoms with Crippen LogP contribution < -0.4 is 10.6 Å². The van der Waals surface area contributed by atoms with Crippen molar-refractivity contribution in [3.8, 4) is 0 Å². The first-order valence-electron chi connectivity index (χ1n) is 6.08. The lowest BCUT2D eigenvalue weighted by Gasteiger charge is -2.19. The average molecular weight is 236 g/mol. The molecule has 0 saturated heterocycles. The van der Waals surface area contributed by atoms with Crippen molar-refractivity contribution in [3.05, 3.63) is 23.9 Å². The standard InChI is InChI=1S/C13H24N4/c1-11(14)12-6-7-13(15-10-12)17(4)9-5-8-16(2)3/h6-7,10-11H,5,8-9,14H2,1-4H3/t11-/m1/s1. The minimum atomic E-state index is 0.0515. The Morgan fingerprint density at radius 3 is 2.41 bits per heavy atom. The molecule has 17 heavy (non-hydrogen) atoms. The molecule has 4 heteroatoms. The van der Waals surface area contributed by atoms with E-state index < -0.39 is 0 Å². The molecule has 0 saturated carbocycles. The third kappa shape index (κ3) is 4.71. The molecule has 0 radical (unpaired) electrons. The van der Waals surface area contributed by atoms with Crippen LogP contribution in [0.2, 0.25) is 0 Å². The summed E-state index contributed by atoms with van der Waals surface area (Å²) in [5.74, 6) is 1.01. The van der Waals surface area contributed by atoms with Crippen molar-refractivity contribution in [2.45, 2.75) is 19.4 Å². The SMILES string of the molecule is C[C@@H](N)c1ccc(N(C)CCCN(C)C)nc1. The predicted octanol–water partition coefficient (Wildman–Crippen LogP) is 1.49. The van der Waals surface area contributed by atoms with Gasteiger partial charge in [-0.25, -0.2) is 4.98 Å². The van der Waals surface area contributed by atoms with E-state index in [9.17, 15) is 0 Å². The summed E-state index contributed by atoms with van der Waals surface area (Å²) in [5.41, 5.74) is 6.87. The topological polar surface area (TPSA) is 45.4 Å². The first-order chi connectivity index (χ1) is 8.00. The van der Waals surface area contributed by atoms with Crippen LogP contribution in [0.1, 0.15) is 24.9 Å². The molecule has 1 aromatic heterocycles. The third-order valence-corrected chi connectivity index (χ3v) is 2.79. The maximum absolute atomic E-state index is 5.79. The Morgan fingerprint density at radius 1 is 1.24 bits per heavy atom. The van der Waals surface area contributed by atoms with Crippen molar-refractivity contribution in [1.82, 2.24) is 9.88 Å². The maximum atomic E-state index is 5.79. The summed E-state index contributed by atoms with van der Waals surface area (Å²) in [5, 5.41) is 0. The Morgan fingerprint density at radius 2 is 1.94 bits per heavy atom. The summed E-state index contributed by atoms with van der Waals surface area (Å²) < 4.78 is 0. The van der Waals surface area contributed by atoms with Gasteiger partial charge in [0.2, 0.25) is 0 Å². The van der Waals surface area contributed by atoms with Gasteiger partial charge >= 0.3 is 0 Å². The van der Waals surface area contributed by atoms with Crippen molar-refractivity contribution < 1.29 is 0 Å². The van der Waals surface area contributed by atoms with Crippen LogP contribution in [0.4, 0.5) is 5.82 Å². The normalized spacial score (nSPS) is 12.8. The van der Waals surface area contributed by atoms with Crippen molar-refractivity contribution >= 4 is 5.82 Å². The Kier molecular flexibility index (Phi) is 5.38. The number of nitrogens with two attached hydrogens (primary N) is 1. The van der Waals surface area contributed by atoms with Gasteiger partial charge in [0, 0.05) is 25.8 Å². The number of hydrogen-bond acceptors (Lipinski definition) is 4. The fourth-order valence-corrected chi connectivity index (χ4v) is 1.63. The summed E-state index contributed by atoms with van der Waals surface area (Å²) in [6.45, 7) is 4.09. The van der Waals surface area contributed by atoms with E-state index in [2.05, 4.69) is 42.0 Å². The molecule has 0 unspecified atom stereocenters. The molecule has 0 aliphatic rings. The van der Waals surface area contributed by atoms with E-state index in [4.69, 9.17) is 5.73 Å². The van der Waals surface area contributed by atoms with Gasteiger partial charge in [0.1, 0.15) is 5.82 Å². The van der Waals surface area contributed by atoms with E-state index in [1.165, 1.54) is 0 Å². The van der Waals surface area contributed by atoms with Crippen LogP contribution in [0.25, 0.3) is 0 Å². The number of nitrogens with zero attached hydrogens (tertiary/aromatic N) is 3. The lowest BCUT2D eigenvalue weighted by atomic mass is 10.1. The van der Waals surface area contributed by atoms with Crippen LogP contribution in [-0.2, 0) is 0 Å². The molecular formula is C13H24N4. The molecule has 0 aliphatic carbocycles. The summed E-state index contributed by atoms with van der Waals surface area (Å²) in [6, 6.07) is 4.14. The molecular weight excluding hydrogens is 212 g/mol. The molecule has 1 rings (SSSR count). The Bertz CT molecular complexity index is 319. The first kappa shape index (κ1) is 13.9. The van der Waals surface area contributed by atoms with Gasteiger partial charge < -0.3 is 15.5 Å². The number of pyridine rings is 1. The molecule has 1 atom stereocenters. The van der Waals surface area contributed by atoms with Gasteiger partial charge in [0.15, 0.2) is 0 Å². The molecule has 0 fully saturated rings. The molecule has 0 aliphatic heterocycles. The third-order valence-electron chi connectivity index (χ3n) is 2.79. The second-order valence-electron chi connectivity index (χ2n) is 4.82. The molecule has 1 aromatic rings. The Labute approximate surface area is 104 Å². The monoisotopic (exact) mass is 236 g/mol. The van der Waals surface area contributed by atoms with Crippen molar-refractivity contribution in [3.63, 3.8) is 0 Å². The smallest absolute Gasteiger partial charge is 0.128 e. The van der Waals surface area contributed by atoms with Crippen LogP contribution in [0, 0.1) is 0 Å². The zero-order valence-electron chi connectivity index (χ0n) is 11.3. The van der Waals surface area contributed by atoms with Gasteiger partial charge in [0.25, 0.3) is 0 Å². The highest BCUT2D eigenvalue weighted by Crippen LogP contribution is 2.13. The number of hydrogen-bond donors (Lipinski definition) is 1. The van der Waals surface area contributed by atoms with Gasteiger partial charge in [-0.05, 0) is 45.6 Å². The van der Waals surface area contributed by atoms with E-state index >= 15 is 0 Å². The summed E-state index contributed by atoms with van der Waals surface area (Å²) >= 11 is 0. The van der Waals surface area contributed by atoms with Gasteiger partial charge in [0.05, 0.1) is 0 Å². The molecule has 96 valence electrons. The predicted molar refractivity (Wildman–Crippen MR) is 73.3 cm³/mol. The van der Waals surface area contributed by atoms with Crippen molar-refractivity contribution in [2.75, 3.05) is 39.1 Å². The minimum Gasteiger partial charge on any atom is -0.360 e. The van der Waals surface area contributed by atoms with E-state index in [-0.39, 0.29) is 6.04 Å². The Hall–Kier alpha value is -1.13. The highest BCUT2D eigenvalue weighted by atomic mass is 15.2. The molecule has 4 nitrogen and oxygen atoms in total. The Balaban J connectivity index is 2.48. The molecule has 0 aromatic carbocycles. The lowest BCUT2D eigenvalue weighted by molar-refractivity contribution is 0.401. The number of aromatic nitrogens is 1. The van der Waals surface area contributed by atoms with Crippen LogP contribution in [-0.4, -0.2) is 44.1 Å². The molecule has 0 bridgehead atoms. The summed E-state index contributed by atoms with van der Waals surface area (Å²) in [4.78, 5) is 8.80. The largest absolute Gasteiger partial charge is 0.360 e. The second kappa shape index (κ2) is 6.57. The van der Waals surface area contributed by atoms with Gasteiger partial charge in [-0.2, -0.15) is 0 Å². The van der Waals surface area contributed by atoms with Crippen LogP contribution in [0.15, 0.2) is 18.3 Å². The zero-order valence-corrected chi connectivity index (χ0v) is 11.3. The van der Waals surface area contributed by atoms with Crippen molar-refractivity contribution in [2.24, 2.45) is 5.73 Å². The van der Waals surface area contributed by atoms with Gasteiger partial charge in [-0.15, -0.1) is 0 Å². The molecule has 0 spiro atoms. The van der Waals surface area contributed by atoms with E-state index in [1.54, 1.807) is 0 Å². The van der Waals surface area contributed by atoms with E-state index in [0.29, 0.717) is 0 Å². The molecule has 1 heterocycles. The van der Waals surface area contributed by atoms with E-state index in [0.717, 1.165) is 30.9 Å². The number of anilines is 1. The fourth-order valence-electron chi connectivity index (χ4n) is 1.63. The molecule has 0 amide bonds. The quantitative estimate of drug-likeness (QED) is 0.813. The molecule has 2 N–H and O–H groups in total. The zero-order chi connectivity index (χ0) is 12.8. The summed E-state index contributed by atoms with van der Waals surface area (Å²) in [7, 11) is 6.26. The van der Waals surface area contributed by atoms with E-state index in [1.807, 2.05) is 19.2 Å². The minimum absolute atomic E-state index is 0.0515. The number of rotatable bonds is 6. The highest BCUT2D eigenvalue weighted by Gasteiger charge is 2.04. The van der Waals surface area contributed by atoms with Gasteiger partial charge in [-0.1, -0.05) is 6.07 Å².